The van der Waals surface area contributed by atoms with Crippen LogP contribution < -0.4 is 0 Å². The first kappa shape index (κ1) is 25.2. The Morgan fingerprint density at radius 2 is 0.500 bits per heavy atom. The monoisotopic (exact) mass is 539 g/mol. The summed E-state index contributed by atoms with van der Waals surface area (Å²) in [6.45, 7) is 0. The highest BCUT2D eigenvalue weighted by Crippen LogP contribution is 2.30. The van der Waals surface area contributed by atoms with E-state index in [-0.39, 0.29) is 0 Å². The molecule has 7 aromatic rings. The highest BCUT2D eigenvalue weighted by atomic mass is 15.0. The molecule has 198 valence electrons. The molecular formula is C37H25N5. The van der Waals surface area contributed by atoms with Crippen molar-refractivity contribution in [3.8, 4) is 68.1 Å². The fourth-order valence-corrected chi connectivity index (χ4v) is 4.80. The highest BCUT2D eigenvalue weighted by molar-refractivity contribution is 5.74. The summed E-state index contributed by atoms with van der Waals surface area (Å²) in [5.41, 5.74) is 7.51. The van der Waals surface area contributed by atoms with Crippen molar-refractivity contribution in [3.05, 3.63) is 152 Å². The lowest BCUT2D eigenvalue weighted by molar-refractivity contribution is 1.07. The summed E-state index contributed by atoms with van der Waals surface area (Å²) in [5, 5.41) is 0. The molecule has 0 saturated heterocycles. The lowest BCUT2D eigenvalue weighted by Crippen LogP contribution is -2.00. The van der Waals surface area contributed by atoms with Crippen molar-refractivity contribution >= 4 is 0 Å². The lowest BCUT2D eigenvalue weighted by atomic mass is 10.0. The molecule has 0 saturated carbocycles. The molecule has 0 radical (unpaired) electrons. The first-order valence-electron chi connectivity index (χ1n) is 13.8. The molecule has 0 atom stereocenters. The van der Waals surface area contributed by atoms with Gasteiger partial charge in [0.15, 0.2) is 23.3 Å². The predicted octanol–water partition coefficient (Wildman–Crippen LogP) is 8.66. The number of nitrogens with zero attached hydrogens (tertiary/aromatic N) is 5. The second-order valence-electron chi connectivity index (χ2n) is 9.81. The van der Waals surface area contributed by atoms with Gasteiger partial charge in [-0.05, 0) is 6.07 Å². The quantitative estimate of drug-likeness (QED) is 0.212. The van der Waals surface area contributed by atoms with Crippen molar-refractivity contribution in [2.75, 3.05) is 0 Å². The zero-order valence-corrected chi connectivity index (χ0v) is 22.7. The molecule has 2 heterocycles. The van der Waals surface area contributed by atoms with Crippen LogP contribution in [0.3, 0.4) is 0 Å². The van der Waals surface area contributed by atoms with E-state index in [1.165, 1.54) is 0 Å². The first-order valence-corrected chi connectivity index (χ1v) is 13.8. The van der Waals surface area contributed by atoms with Gasteiger partial charge in [0.1, 0.15) is 0 Å². The Labute approximate surface area is 244 Å². The van der Waals surface area contributed by atoms with Gasteiger partial charge in [-0.15, -0.1) is 0 Å². The molecule has 5 aromatic carbocycles. The van der Waals surface area contributed by atoms with Crippen molar-refractivity contribution < 1.29 is 0 Å². The van der Waals surface area contributed by atoms with Gasteiger partial charge in [-0.1, -0.05) is 146 Å². The van der Waals surface area contributed by atoms with E-state index in [0.29, 0.717) is 23.3 Å². The van der Waals surface area contributed by atoms with Crippen molar-refractivity contribution in [1.29, 1.82) is 0 Å². The Hall–Kier alpha value is -5.81. The van der Waals surface area contributed by atoms with Crippen LogP contribution in [0.15, 0.2) is 152 Å². The number of aromatic nitrogens is 5. The molecule has 0 fully saturated rings. The maximum Gasteiger partial charge on any atom is 0.164 e. The van der Waals surface area contributed by atoms with E-state index >= 15 is 0 Å². The average molecular weight is 540 g/mol. The van der Waals surface area contributed by atoms with Gasteiger partial charge < -0.3 is 0 Å². The molecule has 0 unspecified atom stereocenters. The Kier molecular flexibility index (Phi) is 6.81. The van der Waals surface area contributed by atoms with E-state index in [4.69, 9.17) is 24.9 Å². The van der Waals surface area contributed by atoms with E-state index < -0.39 is 0 Å². The topological polar surface area (TPSA) is 64.5 Å². The molecule has 0 aliphatic heterocycles. The maximum atomic E-state index is 4.96. The van der Waals surface area contributed by atoms with Gasteiger partial charge in [0, 0.05) is 33.4 Å². The van der Waals surface area contributed by atoms with Crippen molar-refractivity contribution in [3.63, 3.8) is 0 Å². The predicted molar refractivity (Wildman–Crippen MR) is 168 cm³/mol. The van der Waals surface area contributed by atoms with Gasteiger partial charge >= 0.3 is 0 Å². The van der Waals surface area contributed by atoms with Crippen LogP contribution >= 0.6 is 0 Å². The third-order valence-electron chi connectivity index (χ3n) is 6.97. The zero-order chi connectivity index (χ0) is 28.1. The number of rotatable bonds is 6. The lowest BCUT2D eigenvalue weighted by Gasteiger charge is -2.11. The second-order valence-corrected chi connectivity index (χ2v) is 9.81. The summed E-state index contributed by atoms with van der Waals surface area (Å²) in [5.74, 6) is 2.58. The van der Waals surface area contributed by atoms with Gasteiger partial charge in [0.25, 0.3) is 0 Å². The summed E-state index contributed by atoms with van der Waals surface area (Å²) in [6.07, 6.45) is 0. The number of hydrogen-bond acceptors (Lipinski definition) is 5. The van der Waals surface area contributed by atoms with Crippen molar-refractivity contribution in [1.82, 2.24) is 24.9 Å². The Balaban J connectivity index is 1.31. The molecule has 2 aromatic heterocycles. The average Bonchev–Trinajstić information content (AvgIpc) is 3.09. The van der Waals surface area contributed by atoms with Crippen LogP contribution in [0.4, 0.5) is 0 Å². The van der Waals surface area contributed by atoms with E-state index in [0.717, 1.165) is 44.8 Å². The van der Waals surface area contributed by atoms with E-state index in [1.807, 2.05) is 127 Å². The first-order chi connectivity index (χ1) is 20.8. The second kappa shape index (κ2) is 11.4. The molecule has 42 heavy (non-hydrogen) atoms. The fraction of sp³-hybridized carbons (Fsp3) is 0. The maximum absolute atomic E-state index is 4.96. The largest absolute Gasteiger partial charge is 0.228 e. The molecule has 7 rings (SSSR count). The summed E-state index contributed by atoms with van der Waals surface area (Å²) in [4.78, 5) is 24.4. The minimum atomic E-state index is 0.617. The highest BCUT2D eigenvalue weighted by Gasteiger charge is 2.14. The van der Waals surface area contributed by atoms with E-state index in [9.17, 15) is 0 Å². The summed E-state index contributed by atoms with van der Waals surface area (Å²) < 4.78 is 0. The Morgan fingerprint density at radius 3 is 0.881 bits per heavy atom. The summed E-state index contributed by atoms with van der Waals surface area (Å²) in [6, 6.07) is 50.5. The van der Waals surface area contributed by atoms with Crippen LogP contribution in [-0.4, -0.2) is 24.9 Å². The molecule has 0 aliphatic rings. The molecule has 0 N–H and O–H groups in total. The van der Waals surface area contributed by atoms with Gasteiger partial charge in [-0.3, -0.25) is 0 Å². The third kappa shape index (κ3) is 5.31. The molecule has 5 heteroatoms. The van der Waals surface area contributed by atoms with Gasteiger partial charge in [0.05, 0.1) is 11.4 Å². The van der Waals surface area contributed by atoms with Crippen LogP contribution in [0, 0.1) is 0 Å². The SMILES string of the molecule is c1ccc(-c2cc(-c3ccc(-c4nc(-c5ccccc5)nc(-c5ccccc5)n4)cc3)nc(-c3ccccc3)n2)cc1. The van der Waals surface area contributed by atoms with Gasteiger partial charge in [-0.25, -0.2) is 24.9 Å². The summed E-state index contributed by atoms with van der Waals surface area (Å²) in [7, 11) is 0. The van der Waals surface area contributed by atoms with E-state index in [2.05, 4.69) is 24.3 Å². The van der Waals surface area contributed by atoms with Crippen LogP contribution in [-0.2, 0) is 0 Å². The van der Waals surface area contributed by atoms with Gasteiger partial charge in [0.2, 0.25) is 0 Å². The molecule has 0 amide bonds. The Bertz CT molecular complexity index is 1680. The Morgan fingerprint density at radius 1 is 0.238 bits per heavy atom. The molecular weight excluding hydrogens is 514 g/mol. The minimum absolute atomic E-state index is 0.617. The van der Waals surface area contributed by atoms with E-state index in [1.54, 1.807) is 0 Å². The number of hydrogen-bond donors (Lipinski definition) is 0. The standard InChI is InChI=1S/C37H25N5/c1-5-13-26(14-6-1)32-25-33(39-34(38-32)28-15-7-2-8-16-28)27-21-23-31(24-22-27)37-41-35(29-17-9-3-10-18-29)40-36(42-37)30-19-11-4-12-20-30/h1-25H. The van der Waals surface area contributed by atoms with Crippen LogP contribution in [0.25, 0.3) is 68.1 Å². The van der Waals surface area contributed by atoms with Crippen molar-refractivity contribution in [2.45, 2.75) is 0 Å². The molecule has 0 bridgehead atoms. The fourth-order valence-electron chi connectivity index (χ4n) is 4.80. The molecule has 5 nitrogen and oxygen atoms in total. The smallest absolute Gasteiger partial charge is 0.164 e. The van der Waals surface area contributed by atoms with Crippen LogP contribution in [0.2, 0.25) is 0 Å². The van der Waals surface area contributed by atoms with Crippen LogP contribution in [0.1, 0.15) is 0 Å². The zero-order valence-electron chi connectivity index (χ0n) is 22.7. The van der Waals surface area contributed by atoms with Crippen LogP contribution in [0.5, 0.6) is 0 Å². The molecule has 0 aliphatic carbocycles. The third-order valence-corrected chi connectivity index (χ3v) is 6.97. The normalized spacial score (nSPS) is 10.9. The minimum Gasteiger partial charge on any atom is -0.228 e. The molecule has 0 spiro atoms. The van der Waals surface area contributed by atoms with Gasteiger partial charge in [-0.2, -0.15) is 0 Å². The van der Waals surface area contributed by atoms with Crippen molar-refractivity contribution in [2.24, 2.45) is 0 Å². The summed E-state index contributed by atoms with van der Waals surface area (Å²) >= 11 is 0. The number of benzene rings is 5.